The molecule has 1 aromatic rings. The smallest absolute Gasteiger partial charge is 0.271 e. The Morgan fingerprint density at radius 2 is 2.10 bits per heavy atom. The van der Waals surface area contributed by atoms with Gasteiger partial charge in [-0.25, -0.2) is 9.97 Å². The summed E-state index contributed by atoms with van der Waals surface area (Å²) in [6.07, 6.45) is 9.18. The molecule has 29 heavy (non-hydrogen) atoms. The van der Waals surface area contributed by atoms with E-state index in [0.29, 0.717) is 28.9 Å². The van der Waals surface area contributed by atoms with Crippen LogP contribution in [0.5, 0.6) is 0 Å². The zero-order valence-corrected chi connectivity index (χ0v) is 17.0. The molecule has 3 fully saturated rings. The Hall–Kier alpha value is -2.61. The van der Waals surface area contributed by atoms with Crippen LogP contribution in [0.2, 0.25) is 0 Å². The highest BCUT2D eigenvalue weighted by atomic mass is 35.5. The van der Waals surface area contributed by atoms with E-state index in [4.69, 9.17) is 11.6 Å². The third-order valence-corrected chi connectivity index (χ3v) is 6.53. The Bertz CT molecular complexity index is 948. The van der Waals surface area contributed by atoms with Crippen LogP contribution in [0.15, 0.2) is 34.9 Å². The molecule has 1 spiro atoms. The van der Waals surface area contributed by atoms with E-state index < -0.39 is 0 Å². The first-order valence-electron chi connectivity index (χ1n) is 10.0. The second-order valence-electron chi connectivity index (χ2n) is 8.20. The lowest BCUT2D eigenvalue weighted by Crippen LogP contribution is -2.51. The van der Waals surface area contributed by atoms with Gasteiger partial charge in [0.2, 0.25) is 5.91 Å². The van der Waals surface area contributed by atoms with Crippen LogP contribution in [-0.4, -0.2) is 45.9 Å². The lowest BCUT2D eigenvalue weighted by molar-refractivity contribution is -0.118. The minimum Gasteiger partial charge on any atom is -0.337 e. The Morgan fingerprint density at radius 1 is 1.34 bits per heavy atom. The average molecular weight is 415 g/mol. The van der Waals surface area contributed by atoms with Crippen LogP contribution in [0, 0.1) is 5.92 Å². The van der Waals surface area contributed by atoms with Gasteiger partial charge in [0, 0.05) is 24.7 Å². The number of hydrogen-bond acceptors (Lipinski definition) is 6. The molecule has 2 N–H and O–H groups in total. The van der Waals surface area contributed by atoms with Crippen molar-refractivity contribution in [2.75, 3.05) is 23.8 Å². The highest BCUT2D eigenvalue weighted by Gasteiger charge is 2.51. The van der Waals surface area contributed by atoms with Gasteiger partial charge in [-0.05, 0) is 44.6 Å². The summed E-state index contributed by atoms with van der Waals surface area (Å²) in [4.78, 5) is 37.1. The van der Waals surface area contributed by atoms with Gasteiger partial charge in [0.1, 0.15) is 29.3 Å². The van der Waals surface area contributed by atoms with Crippen LogP contribution in [0.3, 0.4) is 0 Å². The molecule has 2 aliphatic heterocycles. The van der Waals surface area contributed by atoms with Gasteiger partial charge in [-0.2, -0.15) is 0 Å². The van der Waals surface area contributed by atoms with Crippen molar-refractivity contribution in [3.05, 3.63) is 34.9 Å². The van der Waals surface area contributed by atoms with Crippen LogP contribution in [0.1, 0.15) is 38.5 Å². The number of amides is 2. The van der Waals surface area contributed by atoms with Crippen LogP contribution >= 0.6 is 11.6 Å². The summed E-state index contributed by atoms with van der Waals surface area (Å²) in [7, 11) is 1.91. The first kappa shape index (κ1) is 18.4. The number of nitrogens with zero attached hydrogens (tertiary/aromatic N) is 4. The van der Waals surface area contributed by atoms with Gasteiger partial charge in [-0.3, -0.25) is 9.59 Å². The first-order chi connectivity index (χ1) is 14.0. The van der Waals surface area contributed by atoms with Crippen molar-refractivity contribution in [3.8, 4) is 0 Å². The minimum atomic E-state index is -0.331. The summed E-state index contributed by atoms with van der Waals surface area (Å²) >= 11 is 6.53. The summed E-state index contributed by atoms with van der Waals surface area (Å²) in [6.45, 7) is 0.564. The van der Waals surface area contributed by atoms with Crippen LogP contribution < -0.4 is 15.5 Å². The zero-order chi connectivity index (χ0) is 20.2. The average Bonchev–Trinajstić information content (AvgIpc) is 3.40. The second-order valence-corrected chi connectivity index (χ2v) is 8.60. The molecule has 1 aromatic heterocycles. The quantitative estimate of drug-likeness (QED) is 0.785. The number of halogens is 1. The highest BCUT2D eigenvalue weighted by Crippen LogP contribution is 2.43. The van der Waals surface area contributed by atoms with E-state index in [1.807, 2.05) is 18.0 Å². The Kier molecular flexibility index (Phi) is 4.27. The SMILES string of the molecule is CN(C1=CC(Cl)=C2C(=O)NC3(CCCC3)N2C1)c1cc(NC(=O)C2CC2)ncn1. The second kappa shape index (κ2) is 6.73. The molecule has 152 valence electrons. The maximum Gasteiger partial charge on any atom is 0.271 e. The molecule has 9 heteroatoms. The number of carbonyl (C=O) groups excluding carboxylic acids is 2. The number of fused-ring (bicyclic) bond motifs is 2. The number of hydrogen-bond donors (Lipinski definition) is 2. The molecule has 2 saturated carbocycles. The minimum absolute atomic E-state index is 0.00892. The summed E-state index contributed by atoms with van der Waals surface area (Å²) in [5, 5.41) is 6.46. The summed E-state index contributed by atoms with van der Waals surface area (Å²) < 4.78 is 0. The molecule has 0 bridgehead atoms. The molecule has 3 heterocycles. The van der Waals surface area contributed by atoms with Crippen molar-refractivity contribution in [1.82, 2.24) is 20.2 Å². The Balaban J connectivity index is 1.40. The number of aromatic nitrogens is 2. The lowest BCUT2D eigenvalue weighted by Gasteiger charge is -2.39. The van der Waals surface area contributed by atoms with Gasteiger partial charge in [0.05, 0.1) is 11.6 Å². The molecule has 0 unspecified atom stereocenters. The first-order valence-corrected chi connectivity index (χ1v) is 10.4. The van der Waals surface area contributed by atoms with E-state index in [0.717, 1.165) is 44.2 Å². The van der Waals surface area contributed by atoms with Crippen LogP contribution in [0.25, 0.3) is 0 Å². The van der Waals surface area contributed by atoms with E-state index in [1.54, 1.807) is 6.07 Å². The summed E-state index contributed by atoms with van der Waals surface area (Å²) in [5.41, 5.74) is 1.16. The predicted octanol–water partition coefficient (Wildman–Crippen LogP) is 2.31. The third-order valence-electron chi connectivity index (χ3n) is 6.24. The van der Waals surface area contributed by atoms with Crippen molar-refractivity contribution in [1.29, 1.82) is 0 Å². The fraction of sp³-hybridized carbons (Fsp3) is 0.500. The number of anilines is 2. The number of nitrogens with one attached hydrogen (secondary N) is 2. The molecule has 8 nitrogen and oxygen atoms in total. The van der Waals surface area contributed by atoms with Crippen molar-refractivity contribution in [2.45, 2.75) is 44.2 Å². The van der Waals surface area contributed by atoms with Gasteiger partial charge in [0.15, 0.2) is 0 Å². The van der Waals surface area contributed by atoms with E-state index in [2.05, 4.69) is 25.5 Å². The van der Waals surface area contributed by atoms with Gasteiger partial charge in [-0.1, -0.05) is 11.6 Å². The molecule has 0 atom stereocenters. The maximum absolute atomic E-state index is 12.5. The van der Waals surface area contributed by atoms with E-state index in [-0.39, 0.29) is 23.4 Å². The molecule has 4 aliphatic rings. The fourth-order valence-corrected chi connectivity index (χ4v) is 4.76. The molecule has 5 rings (SSSR count). The van der Waals surface area contributed by atoms with E-state index >= 15 is 0 Å². The molecular weight excluding hydrogens is 392 g/mol. The number of rotatable bonds is 4. The van der Waals surface area contributed by atoms with Gasteiger partial charge < -0.3 is 20.4 Å². The number of likely N-dealkylation sites (N-methyl/N-ethyl adjacent to an activating group) is 1. The predicted molar refractivity (Wildman–Crippen MR) is 109 cm³/mol. The highest BCUT2D eigenvalue weighted by molar-refractivity contribution is 6.33. The summed E-state index contributed by atoms with van der Waals surface area (Å²) in [6, 6.07) is 1.76. The normalized spacial score (nSPS) is 22.5. The van der Waals surface area contributed by atoms with E-state index in [1.165, 1.54) is 6.33 Å². The maximum atomic E-state index is 12.5. The molecule has 0 aromatic carbocycles. The molecular formula is C20H23ClN6O2. The zero-order valence-electron chi connectivity index (χ0n) is 16.2. The molecule has 2 amide bonds. The van der Waals surface area contributed by atoms with Crippen LogP contribution in [-0.2, 0) is 9.59 Å². The lowest BCUT2D eigenvalue weighted by atomic mass is 10.1. The third kappa shape index (κ3) is 3.15. The van der Waals surface area contributed by atoms with Crippen molar-refractivity contribution >= 4 is 35.1 Å². The number of allylic oxidation sites excluding steroid dienone is 2. The van der Waals surface area contributed by atoms with Crippen molar-refractivity contribution in [2.24, 2.45) is 5.92 Å². The van der Waals surface area contributed by atoms with Crippen molar-refractivity contribution < 1.29 is 9.59 Å². The monoisotopic (exact) mass is 414 g/mol. The summed E-state index contributed by atoms with van der Waals surface area (Å²) in [5.74, 6) is 1.17. The van der Waals surface area contributed by atoms with E-state index in [9.17, 15) is 9.59 Å². The largest absolute Gasteiger partial charge is 0.337 e. The number of carbonyl (C=O) groups is 2. The Morgan fingerprint density at radius 3 is 2.83 bits per heavy atom. The fourth-order valence-electron chi connectivity index (χ4n) is 4.44. The van der Waals surface area contributed by atoms with Gasteiger partial charge >= 0.3 is 0 Å². The molecule has 1 saturated heterocycles. The molecule has 2 aliphatic carbocycles. The van der Waals surface area contributed by atoms with Gasteiger partial charge in [0.25, 0.3) is 5.91 Å². The van der Waals surface area contributed by atoms with Crippen molar-refractivity contribution in [3.63, 3.8) is 0 Å². The molecule has 0 radical (unpaired) electrons. The topological polar surface area (TPSA) is 90.5 Å². The Labute approximate surface area is 174 Å². The van der Waals surface area contributed by atoms with Gasteiger partial charge in [-0.15, -0.1) is 0 Å². The standard InChI is InChI=1S/C20H23ClN6O2/c1-26(16-9-15(22-11-23-16)24-18(28)12-4-5-12)13-8-14(21)17-19(29)25-20(27(17)10-13)6-2-3-7-20/h8-9,11-12H,2-7,10H2,1H3,(H,25,29)(H,22,23,24,28). The van der Waals surface area contributed by atoms with Crippen LogP contribution in [0.4, 0.5) is 11.6 Å².